The number of hydrogen-bond acceptors (Lipinski definition) is 6. The SMILES string of the molecule is O=C([O-])c1ccc(C(=O)[O-])c(C(=O)[O-])c1.c1ccccc1. The van der Waals surface area contributed by atoms with E-state index in [1.165, 1.54) is 0 Å². The summed E-state index contributed by atoms with van der Waals surface area (Å²) in [5.74, 6) is -5.13. The monoisotopic (exact) mass is 285 g/mol. The number of carboxylic acids is 3. The molecule has 108 valence electrons. The summed E-state index contributed by atoms with van der Waals surface area (Å²) < 4.78 is 0. The second kappa shape index (κ2) is 7.44. The van der Waals surface area contributed by atoms with Gasteiger partial charge in [-0.25, -0.2) is 0 Å². The largest absolute Gasteiger partial charge is 0.545 e. The second-order valence-electron chi connectivity index (χ2n) is 3.78. The third kappa shape index (κ3) is 4.79. The highest BCUT2D eigenvalue weighted by Crippen LogP contribution is 2.10. The first kappa shape index (κ1) is 15.9. The second-order valence-corrected chi connectivity index (χ2v) is 3.78. The van der Waals surface area contributed by atoms with Crippen molar-refractivity contribution in [1.82, 2.24) is 0 Å². The van der Waals surface area contributed by atoms with Gasteiger partial charge in [-0.2, -0.15) is 0 Å². The molecular formula is C15H9O6-3. The molecule has 2 aromatic rings. The summed E-state index contributed by atoms with van der Waals surface area (Å²) in [4.78, 5) is 31.3. The molecule has 0 aromatic heterocycles. The summed E-state index contributed by atoms with van der Waals surface area (Å²) in [5, 5.41) is 31.3. The maximum absolute atomic E-state index is 10.5. The highest BCUT2D eigenvalue weighted by molar-refractivity contribution is 6.02. The van der Waals surface area contributed by atoms with Crippen LogP contribution in [0.5, 0.6) is 0 Å². The minimum atomic E-state index is -1.79. The van der Waals surface area contributed by atoms with Crippen molar-refractivity contribution in [2.24, 2.45) is 0 Å². The third-order valence-electron chi connectivity index (χ3n) is 2.36. The van der Waals surface area contributed by atoms with Gasteiger partial charge in [0.05, 0.1) is 17.9 Å². The van der Waals surface area contributed by atoms with Crippen LogP contribution in [0.3, 0.4) is 0 Å². The van der Waals surface area contributed by atoms with Crippen LogP contribution in [-0.4, -0.2) is 17.9 Å². The van der Waals surface area contributed by atoms with Gasteiger partial charge in [-0.15, -0.1) is 0 Å². The molecule has 0 unspecified atom stereocenters. The van der Waals surface area contributed by atoms with Crippen molar-refractivity contribution in [1.29, 1.82) is 0 Å². The molecule has 6 heteroatoms. The summed E-state index contributed by atoms with van der Waals surface area (Å²) in [6.45, 7) is 0. The molecule has 2 rings (SSSR count). The van der Waals surface area contributed by atoms with E-state index in [0.29, 0.717) is 6.07 Å². The normalized spacial score (nSPS) is 9.14. The van der Waals surface area contributed by atoms with Gasteiger partial charge in [0, 0.05) is 11.1 Å². The van der Waals surface area contributed by atoms with E-state index >= 15 is 0 Å². The fraction of sp³-hybridized carbons (Fsp3) is 0. The lowest BCUT2D eigenvalue weighted by molar-refractivity contribution is -0.259. The van der Waals surface area contributed by atoms with E-state index in [1.54, 1.807) is 0 Å². The van der Waals surface area contributed by atoms with Gasteiger partial charge in [0.2, 0.25) is 0 Å². The number of carboxylic acid groups (broad SMARTS) is 3. The molecule has 0 bridgehead atoms. The first-order valence-electron chi connectivity index (χ1n) is 5.71. The Labute approximate surface area is 119 Å². The average Bonchev–Trinajstić information content (AvgIpc) is 2.48. The molecule has 0 aliphatic heterocycles. The Kier molecular flexibility index (Phi) is 5.64. The zero-order valence-electron chi connectivity index (χ0n) is 10.6. The Morgan fingerprint density at radius 3 is 1.38 bits per heavy atom. The lowest BCUT2D eigenvalue weighted by Gasteiger charge is -2.13. The van der Waals surface area contributed by atoms with Crippen molar-refractivity contribution in [3.05, 3.63) is 71.3 Å². The van der Waals surface area contributed by atoms with E-state index in [1.807, 2.05) is 36.4 Å². The number of rotatable bonds is 3. The van der Waals surface area contributed by atoms with Crippen molar-refractivity contribution < 1.29 is 29.7 Å². The molecule has 0 aliphatic rings. The van der Waals surface area contributed by atoms with Gasteiger partial charge in [0.1, 0.15) is 0 Å². The lowest BCUT2D eigenvalue weighted by Crippen LogP contribution is -2.31. The van der Waals surface area contributed by atoms with E-state index in [9.17, 15) is 29.7 Å². The number of benzene rings is 2. The van der Waals surface area contributed by atoms with Gasteiger partial charge in [-0.3, -0.25) is 0 Å². The molecule has 0 fully saturated rings. The summed E-state index contributed by atoms with van der Waals surface area (Å²) in [7, 11) is 0. The smallest absolute Gasteiger partial charge is 0.0722 e. The standard InChI is InChI=1S/C9H6O6.C6H6/c10-7(11)4-1-2-5(8(12)13)6(3-4)9(14)15;1-2-4-6-5-3-1/h1-3H,(H,10,11)(H,12,13)(H,14,15);1-6H/p-3. The van der Waals surface area contributed by atoms with Crippen LogP contribution in [0, 0.1) is 0 Å². The average molecular weight is 285 g/mol. The zero-order valence-corrected chi connectivity index (χ0v) is 10.6. The Morgan fingerprint density at radius 2 is 1.05 bits per heavy atom. The van der Waals surface area contributed by atoms with Crippen LogP contribution < -0.4 is 15.3 Å². The van der Waals surface area contributed by atoms with Crippen LogP contribution in [0.2, 0.25) is 0 Å². The Bertz CT molecular complexity index is 622. The van der Waals surface area contributed by atoms with Crippen LogP contribution in [0.4, 0.5) is 0 Å². The van der Waals surface area contributed by atoms with E-state index in [-0.39, 0.29) is 0 Å². The van der Waals surface area contributed by atoms with Crippen LogP contribution in [0.15, 0.2) is 54.6 Å². The maximum Gasteiger partial charge on any atom is 0.0722 e. The Morgan fingerprint density at radius 1 is 0.619 bits per heavy atom. The molecule has 0 saturated carbocycles. The third-order valence-corrected chi connectivity index (χ3v) is 2.36. The predicted molar refractivity (Wildman–Crippen MR) is 65.9 cm³/mol. The van der Waals surface area contributed by atoms with E-state index in [0.717, 1.165) is 12.1 Å². The predicted octanol–water partition coefficient (Wildman–Crippen LogP) is -1.54. The van der Waals surface area contributed by atoms with Gasteiger partial charge >= 0.3 is 0 Å². The number of carbonyl (C=O) groups excluding carboxylic acids is 3. The topological polar surface area (TPSA) is 120 Å². The quantitative estimate of drug-likeness (QED) is 0.674. The number of hydrogen-bond donors (Lipinski definition) is 0. The van der Waals surface area contributed by atoms with Gasteiger partial charge < -0.3 is 29.7 Å². The maximum atomic E-state index is 10.5. The first-order chi connectivity index (χ1) is 9.93. The van der Waals surface area contributed by atoms with Gasteiger partial charge in [0.25, 0.3) is 0 Å². The molecule has 0 heterocycles. The van der Waals surface area contributed by atoms with Crippen molar-refractivity contribution in [3.63, 3.8) is 0 Å². The van der Waals surface area contributed by atoms with E-state index in [2.05, 4.69) is 0 Å². The van der Waals surface area contributed by atoms with Crippen LogP contribution in [-0.2, 0) is 0 Å². The molecule has 0 radical (unpaired) electrons. The minimum Gasteiger partial charge on any atom is -0.545 e. The lowest BCUT2D eigenvalue weighted by atomic mass is 10.0. The Hall–Kier alpha value is -3.15. The van der Waals surface area contributed by atoms with Crippen LogP contribution in [0.25, 0.3) is 0 Å². The summed E-state index contributed by atoms with van der Waals surface area (Å²) in [6, 6.07) is 14.4. The molecule has 0 amide bonds. The zero-order chi connectivity index (χ0) is 15.8. The number of aromatic carboxylic acids is 3. The molecule has 2 aromatic carbocycles. The highest BCUT2D eigenvalue weighted by Gasteiger charge is 2.06. The highest BCUT2D eigenvalue weighted by atomic mass is 16.4. The molecule has 0 spiro atoms. The van der Waals surface area contributed by atoms with Gasteiger partial charge in [0.15, 0.2) is 0 Å². The molecule has 0 saturated heterocycles. The summed E-state index contributed by atoms with van der Waals surface area (Å²) in [6.07, 6.45) is 0. The van der Waals surface area contributed by atoms with Crippen molar-refractivity contribution in [3.8, 4) is 0 Å². The van der Waals surface area contributed by atoms with Crippen molar-refractivity contribution >= 4 is 17.9 Å². The van der Waals surface area contributed by atoms with Gasteiger partial charge in [-0.1, -0.05) is 48.5 Å². The van der Waals surface area contributed by atoms with Crippen molar-refractivity contribution in [2.75, 3.05) is 0 Å². The fourth-order valence-corrected chi connectivity index (χ4v) is 1.40. The van der Waals surface area contributed by atoms with Crippen LogP contribution >= 0.6 is 0 Å². The first-order valence-corrected chi connectivity index (χ1v) is 5.71. The molecule has 21 heavy (non-hydrogen) atoms. The molecule has 6 nitrogen and oxygen atoms in total. The van der Waals surface area contributed by atoms with Gasteiger partial charge in [-0.05, 0) is 11.6 Å². The molecule has 0 N–H and O–H groups in total. The molecular weight excluding hydrogens is 276 g/mol. The Balaban J connectivity index is 0.000000304. The minimum absolute atomic E-state index is 0.445. The van der Waals surface area contributed by atoms with Crippen LogP contribution in [0.1, 0.15) is 31.1 Å². The van der Waals surface area contributed by atoms with E-state index < -0.39 is 34.6 Å². The van der Waals surface area contributed by atoms with E-state index in [4.69, 9.17) is 0 Å². The summed E-state index contributed by atoms with van der Waals surface area (Å²) >= 11 is 0. The number of carbonyl (C=O) groups is 3. The molecule has 0 atom stereocenters. The fourth-order valence-electron chi connectivity index (χ4n) is 1.40. The van der Waals surface area contributed by atoms with Crippen molar-refractivity contribution in [2.45, 2.75) is 0 Å². The summed E-state index contributed by atoms with van der Waals surface area (Å²) in [5.41, 5.74) is -1.84. The molecule has 0 aliphatic carbocycles.